The second-order valence-corrected chi connectivity index (χ2v) is 10.1. The average Bonchev–Trinajstić information content (AvgIpc) is 2.93. The summed E-state index contributed by atoms with van der Waals surface area (Å²) in [5, 5.41) is -0.0460. The van der Waals surface area contributed by atoms with E-state index in [0.717, 1.165) is 38.3 Å². The van der Waals surface area contributed by atoms with Crippen LogP contribution in [0, 0.1) is 5.82 Å². The van der Waals surface area contributed by atoms with Gasteiger partial charge in [-0.15, -0.1) is 0 Å². The molecule has 0 saturated carbocycles. The Bertz CT molecular complexity index is 1240. The molecule has 1 aromatic heterocycles. The van der Waals surface area contributed by atoms with Crippen molar-refractivity contribution < 1.29 is 17.6 Å². The number of hydrogen-bond acceptors (Lipinski definition) is 5. The Morgan fingerprint density at radius 2 is 1.92 bits per heavy atom. The fourth-order valence-electron chi connectivity index (χ4n) is 5.07. The first kappa shape index (κ1) is 28.7. The van der Waals surface area contributed by atoms with E-state index in [0.29, 0.717) is 55.1 Å². The number of hydrogen-bond donors (Lipinski definition) is 1. The molecule has 2 aliphatic rings. The van der Waals surface area contributed by atoms with Gasteiger partial charge in [0.05, 0.1) is 10.6 Å². The highest BCUT2D eigenvalue weighted by Gasteiger charge is 2.36. The van der Waals surface area contributed by atoms with Crippen molar-refractivity contribution in [2.24, 2.45) is 10.7 Å². The summed E-state index contributed by atoms with van der Waals surface area (Å²) in [6, 6.07) is 6.91. The largest absolute Gasteiger partial charge is 0.419 e. The van der Waals surface area contributed by atoms with Crippen LogP contribution in [0.4, 0.5) is 23.4 Å². The number of anilines is 1. The van der Waals surface area contributed by atoms with Crippen molar-refractivity contribution in [3.63, 3.8) is 0 Å². The van der Waals surface area contributed by atoms with Gasteiger partial charge in [0.1, 0.15) is 23.3 Å². The molecule has 0 radical (unpaired) electrons. The maximum atomic E-state index is 13.7. The lowest BCUT2D eigenvalue weighted by atomic mass is 10.0. The molecule has 6 nitrogen and oxygen atoms in total. The van der Waals surface area contributed by atoms with E-state index in [-0.39, 0.29) is 10.8 Å². The first-order chi connectivity index (χ1) is 18.6. The summed E-state index contributed by atoms with van der Waals surface area (Å²) >= 11 is 5.97. The average molecular weight is 565 g/mol. The van der Waals surface area contributed by atoms with Gasteiger partial charge in [-0.05, 0) is 61.6 Å². The highest BCUT2D eigenvalue weighted by Crippen LogP contribution is 2.35. The fourth-order valence-corrected chi connectivity index (χ4v) is 5.25. The van der Waals surface area contributed by atoms with Crippen molar-refractivity contribution in [2.45, 2.75) is 44.8 Å². The molecule has 2 aromatic rings. The Balaban J connectivity index is 1.61. The van der Waals surface area contributed by atoms with Crippen molar-refractivity contribution in [3.05, 3.63) is 77.0 Å². The maximum Gasteiger partial charge on any atom is 0.419 e. The summed E-state index contributed by atoms with van der Waals surface area (Å²) in [6.45, 7) is 8.65. The topological polar surface area (TPSA) is 61.0 Å². The van der Waals surface area contributed by atoms with Gasteiger partial charge in [0.25, 0.3) is 0 Å². The molecule has 0 aliphatic carbocycles. The lowest BCUT2D eigenvalue weighted by Crippen LogP contribution is -2.49. The maximum absolute atomic E-state index is 13.7. The van der Waals surface area contributed by atoms with Crippen LogP contribution in [-0.4, -0.2) is 59.4 Å². The van der Waals surface area contributed by atoms with Gasteiger partial charge in [-0.3, -0.25) is 0 Å². The van der Waals surface area contributed by atoms with Gasteiger partial charge < -0.3 is 20.4 Å². The minimum absolute atomic E-state index is 0.0460. The number of pyridine rings is 1. The second kappa shape index (κ2) is 12.3. The third-order valence-electron chi connectivity index (χ3n) is 7.21. The molecule has 1 aromatic carbocycles. The van der Waals surface area contributed by atoms with Crippen LogP contribution in [0.15, 0.2) is 60.0 Å². The molecule has 2 fully saturated rings. The van der Waals surface area contributed by atoms with E-state index >= 15 is 0 Å². The number of nitrogens with two attached hydrogens (primary N) is 1. The number of likely N-dealkylation sites (tertiary alicyclic amines) is 1. The monoisotopic (exact) mass is 564 g/mol. The van der Waals surface area contributed by atoms with Crippen LogP contribution in [0.25, 0.3) is 5.70 Å². The van der Waals surface area contributed by atoms with Crippen molar-refractivity contribution in [2.75, 3.05) is 37.6 Å². The molecule has 0 bridgehead atoms. The molecule has 2 aliphatic heterocycles. The molecular formula is C28H33ClF4N6. The highest BCUT2D eigenvalue weighted by atomic mass is 35.5. The third-order valence-corrected chi connectivity index (χ3v) is 7.50. The van der Waals surface area contributed by atoms with Gasteiger partial charge in [0, 0.05) is 56.7 Å². The minimum atomic E-state index is -4.50. The SMILES string of the molecule is C=C(/N=C(\C=C(/N)c1ccc(F)c(Cl)c1)N1CCN(c2ncccc2C(F)(F)F)CC1)N1CCCCC1CC. The lowest BCUT2D eigenvalue weighted by Gasteiger charge is -2.39. The third kappa shape index (κ3) is 6.84. The first-order valence-electron chi connectivity index (χ1n) is 13.1. The number of piperidine rings is 1. The van der Waals surface area contributed by atoms with E-state index in [2.05, 4.69) is 23.4 Å². The Labute approximate surface area is 231 Å². The molecule has 11 heteroatoms. The summed E-state index contributed by atoms with van der Waals surface area (Å²) < 4.78 is 54.5. The van der Waals surface area contributed by atoms with E-state index in [1.54, 1.807) is 11.0 Å². The molecule has 0 spiro atoms. The van der Waals surface area contributed by atoms with Crippen LogP contribution in [-0.2, 0) is 6.18 Å². The second-order valence-electron chi connectivity index (χ2n) is 9.71. The summed E-state index contributed by atoms with van der Waals surface area (Å²) in [5.74, 6) is 0.525. The Morgan fingerprint density at radius 1 is 1.18 bits per heavy atom. The number of rotatable bonds is 6. The number of piperazine rings is 1. The first-order valence-corrected chi connectivity index (χ1v) is 13.4. The zero-order valence-corrected chi connectivity index (χ0v) is 22.6. The van der Waals surface area contributed by atoms with Gasteiger partial charge >= 0.3 is 6.18 Å². The molecule has 1 atom stereocenters. The Hall–Kier alpha value is -3.27. The van der Waals surface area contributed by atoms with Crippen LogP contribution in [0.5, 0.6) is 0 Å². The number of alkyl halides is 3. The summed E-state index contributed by atoms with van der Waals surface area (Å²) in [7, 11) is 0. The normalized spacial score (nSPS) is 19.4. The number of halogens is 5. The zero-order valence-electron chi connectivity index (χ0n) is 21.9. The minimum Gasteiger partial charge on any atom is -0.398 e. The van der Waals surface area contributed by atoms with E-state index in [1.807, 2.05) is 4.90 Å². The quantitative estimate of drug-likeness (QED) is 0.259. The molecule has 2 N–H and O–H groups in total. The van der Waals surface area contributed by atoms with Crippen LogP contribution in [0.2, 0.25) is 5.02 Å². The van der Waals surface area contributed by atoms with E-state index < -0.39 is 17.6 Å². The Kier molecular flexibility index (Phi) is 9.04. The molecule has 4 rings (SSSR count). The van der Waals surface area contributed by atoms with Crippen molar-refractivity contribution in [3.8, 4) is 0 Å². The van der Waals surface area contributed by atoms with Gasteiger partial charge in [0.2, 0.25) is 0 Å². The highest BCUT2D eigenvalue weighted by molar-refractivity contribution is 6.30. The van der Waals surface area contributed by atoms with Crippen molar-refractivity contribution >= 4 is 29.0 Å². The molecule has 0 amide bonds. The summed E-state index contributed by atoms with van der Waals surface area (Å²) in [5.41, 5.74) is 6.51. The molecule has 39 heavy (non-hydrogen) atoms. The number of amidine groups is 1. The summed E-state index contributed by atoms with van der Waals surface area (Å²) in [6.07, 6.45) is 2.81. The number of nitrogens with zero attached hydrogens (tertiary/aromatic N) is 5. The summed E-state index contributed by atoms with van der Waals surface area (Å²) in [4.78, 5) is 14.7. The number of aliphatic imine (C=N–C) groups is 1. The smallest absolute Gasteiger partial charge is 0.398 e. The van der Waals surface area contributed by atoms with Crippen LogP contribution < -0.4 is 10.6 Å². The van der Waals surface area contributed by atoms with Crippen molar-refractivity contribution in [1.29, 1.82) is 0 Å². The molecule has 2 saturated heterocycles. The van der Waals surface area contributed by atoms with Gasteiger partial charge in [0.15, 0.2) is 0 Å². The standard InChI is InChI=1S/C28H33ClF4N6/c1-3-21-7-4-5-12-39(21)19(2)36-26(18-25(34)20-9-10-24(30)23(29)17-20)37-13-15-38(16-14-37)27-22(28(31,32)33)8-6-11-35-27/h6,8-11,17-18,21H,2-5,7,12-16,34H2,1H3/b25-18-,36-26+. The molecule has 1 unspecified atom stereocenters. The van der Waals surface area contributed by atoms with Gasteiger partial charge in [-0.25, -0.2) is 14.4 Å². The van der Waals surface area contributed by atoms with E-state index in [1.165, 1.54) is 30.5 Å². The number of benzene rings is 1. The predicted molar refractivity (Wildman–Crippen MR) is 148 cm³/mol. The van der Waals surface area contributed by atoms with E-state index in [4.69, 9.17) is 22.3 Å². The lowest BCUT2D eigenvalue weighted by molar-refractivity contribution is -0.137. The van der Waals surface area contributed by atoms with Crippen LogP contribution in [0.3, 0.4) is 0 Å². The zero-order chi connectivity index (χ0) is 28.2. The van der Waals surface area contributed by atoms with Gasteiger partial charge in [-0.2, -0.15) is 13.2 Å². The fraction of sp³-hybridized carbons (Fsp3) is 0.429. The van der Waals surface area contributed by atoms with Crippen LogP contribution in [0.1, 0.15) is 43.7 Å². The molecule has 210 valence electrons. The number of aromatic nitrogens is 1. The van der Waals surface area contributed by atoms with Crippen LogP contribution >= 0.6 is 11.6 Å². The molecule has 3 heterocycles. The Morgan fingerprint density at radius 3 is 2.59 bits per heavy atom. The van der Waals surface area contributed by atoms with Crippen molar-refractivity contribution in [1.82, 2.24) is 14.8 Å². The molecular weight excluding hydrogens is 532 g/mol. The van der Waals surface area contributed by atoms with Gasteiger partial charge in [-0.1, -0.05) is 25.1 Å². The predicted octanol–water partition coefficient (Wildman–Crippen LogP) is 6.15. The van der Waals surface area contributed by atoms with E-state index in [9.17, 15) is 17.6 Å².